The lowest BCUT2D eigenvalue weighted by Gasteiger charge is -2.24. The molecule has 0 aliphatic carbocycles. The topological polar surface area (TPSA) is 64.9 Å². The first-order valence-electron chi connectivity index (χ1n) is 9.85. The van der Waals surface area contributed by atoms with E-state index in [1.54, 1.807) is 0 Å². The van der Waals surface area contributed by atoms with Gasteiger partial charge in [-0.25, -0.2) is 25.0 Å². The van der Waals surface area contributed by atoms with Gasteiger partial charge < -0.3 is 14.6 Å². The van der Waals surface area contributed by atoms with Gasteiger partial charge in [0.1, 0.15) is 18.1 Å². The van der Waals surface area contributed by atoms with Crippen LogP contribution in [0.15, 0.2) is 36.8 Å². The third-order valence-electron chi connectivity index (χ3n) is 4.89. The van der Waals surface area contributed by atoms with E-state index in [9.17, 15) is 0 Å². The molecule has 8 heteroatoms. The SMILES string of the molecule is CS(C)(C)CCOCn1ccc2nc(-c3cccnc3NC3CCSC3)cnc21. The molecule has 1 saturated heterocycles. The summed E-state index contributed by atoms with van der Waals surface area (Å²) in [6.07, 6.45) is 13.8. The number of hydrogen-bond donors (Lipinski definition) is 1. The van der Waals surface area contributed by atoms with E-state index in [-0.39, 0.29) is 0 Å². The molecule has 1 unspecified atom stereocenters. The fraction of sp³-hybridized carbons (Fsp3) is 0.476. The van der Waals surface area contributed by atoms with Crippen LogP contribution in [0.3, 0.4) is 0 Å². The maximum Gasteiger partial charge on any atom is 0.160 e. The van der Waals surface area contributed by atoms with Crippen molar-refractivity contribution in [2.45, 2.75) is 19.2 Å². The maximum atomic E-state index is 5.86. The number of rotatable bonds is 8. The summed E-state index contributed by atoms with van der Waals surface area (Å²) in [7, 11) is -0.532. The van der Waals surface area contributed by atoms with Crippen molar-refractivity contribution < 1.29 is 4.74 Å². The summed E-state index contributed by atoms with van der Waals surface area (Å²) in [5.74, 6) is 4.33. The lowest BCUT2D eigenvalue weighted by Crippen LogP contribution is -2.19. The average molecular weight is 432 g/mol. The van der Waals surface area contributed by atoms with E-state index in [0.29, 0.717) is 12.8 Å². The number of ether oxygens (including phenoxy) is 1. The van der Waals surface area contributed by atoms with Gasteiger partial charge in [-0.1, -0.05) is 0 Å². The Bertz CT molecular complexity index is 963. The number of aromatic nitrogens is 4. The standard InChI is InChI=1S/C21H29N5OS2/c1-29(2,3)12-10-27-15-26-9-6-18-21(26)23-13-19(25-18)17-5-4-8-22-20(17)24-16-7-11-28-14-16/h4-6,8-9,13,16H,7,10-12,14-15H2,1-3H3,(H,22,24). The Kier molecular flexibility index (Phi) is 6.32. The normalized spacial score (nSPS) is 17.7. The number of thioether (sulfide) groups is 1. The number of anilines is 1. The number of fused-ring (bicyclic) bond motifs is 1. The van der Waals surface area contributed by atoms with E-state index >= 15 is 0 Å². The Morgan fingerprint density at radius 3 is 2.97 bits per heavy atom. The largest absolute Gasteiger partial charge is 0.366 e. The van der Waals surface area contributed by atoms with Gasteiger partial charge in [-0.3, -0.25) is 0 Å². The molecule has 0 amide bonds. The van der Waals surface area contributed by atoms with Crippen LogP contribution in [0.25, 0.3) is 22.4 Å². The van der Waals surface area contributed by atoms with Crippen LogP contribution in [-0.2, 0) is 11.5 Å². The van der Waals surface area contributed by atoms with Crippen LogP contribution in [0.4, 0.5) is 5.82 Å². The van der Waals surface area contributed by atoms with Crippen molar-refractivity contribution in [2.24, 2.45) is 0 Å². The molecule has 0 saturated carbocycles. The first-order valence-corrected chi connectivity index (χ1v) is 14.0. The van der Waals surface area contributed by atoms with E-state index in [1.807, 2.05) is 47.1 Å². The molecule has 1 aliphatic heterocycles. The maximum absolute atomic E-state index is 5.86. The van der Waals surface area contributed by atoms with Crippen molar-refractivity contribution in [1.82, 2.24) is 19.5 Å². The van der Waals surface area contributed by atoms with Gasteiger partial charge in [0.2, 0.25) is 0 Å². The molecule has 29 heavy (non-hydrogen) atoms. The number of pyridine rings is 1. The molecule has 0 bridgehead atoms. The quantitative estimate of drug-likeness (QED) is 0.542. The summed E-state index contributed by atoms with van der Waals surface area (Å²) in [4.78, 5) is 14.1. The molecule has 0 spiro atoms. The highest BCUT2D eigenvalue weighted by Crippen LogP contribution is 2.33. The second-order valence-electron chi connectivity index (χ2n) is 8.19. The molecule has 156 valence electrons. The molecule has 1 N–H and O–H groups in total. The smallest absolute Gasteiger partial charge is 0.160 e. The second kappa shape index (κ2) is 8.93. The van der Waals surface area contributed by atoms with Gasteiger partial charge in [-0.05, 0) is 49.1 Å². The Morgan fingerprint density at radius 2 is 2.17 bits per heavy atom. The first kappa shape index (κ1) is 20.5. The lowest BCUT2D eigenvalue weighted by atomic mass is 10.1. The minimum absolute atomic E-state index is 0.471. The molecule has 0 aromatic carbocycles. The first-order chi connectivity index (χ1) is 14.0. The summed E-state index contributed by atoms with van der Waals surface area (Å²) < 4.78 is 7.88. The third kappa shape index (κ3) is 5.24. The molecule has 1 atom stereocenters. The summed E-state index contributed by atoms with van der Waals surface area (Å²) >= 11 is 1.99. The van der Waals surface area contributed by atoms with Gasteiger partial charge >= 0.3 is 0 Å². The van der Waals surface area contributed by atoms with Gasteiger partial charge in [-0.2, -0.15) is 11.8 Å². The van der Waals surface area contributed by atoms with Crippen LogP contribution < -0.4 is 5.32 Å². The molecule has 0 radical (unpaired) electrons. The summed E-state index contributed by atoms with van der Waals surface area (Å²) in [5.41, 5.74) is 3.56. The minimum Gasteiger partial charge on any atom is -0.366 e. The zero-order valence-electron chi connectivity index (χ0n) is 17.3. The predicted molar refractivity (Wildman–Crippen MR) is 126 cm³/mol. The summed E-state index contributed by atoms with van der Waals surface area (Å²) in [6.45, 7) is 1.28. The Balaban J connectivity index is 1.50. The summed E-state index contributed by atoms with van der Waals surface area (Å²) in [5, 5.41) is 3.58. The van der Waals surface area contributed by atoms with Gasteiger partial charge in [0.05, 0.1) is 18.5 Å². The van der Waals surface area contributed by atoms with Crippen molar-refractivity contribution in [3.05, 3.63) is 36.8 Å². The zero-order chi connectivity index (χ0) is 20.3. The van der Waals surface area contributed by atoms with Crippen LogP contribution in [0.5, 0.6) is 0 Å². The fourth-order valence-corrected chi connectivity index (χ4v) is 5.01. The molecule has 1 fully saturated rings. The number of nitrogens with one attached hydrogen (secondary N) is 1. The van der Waals surface area contributed by atoms with Gasteiger partial charge in [0.25, 0.3) is 0 Å². The van der Waals surface area contributed by atoms with Crippen molar-refractivity contribution in [1.29, 1.82) is 0 Å². The second-order valence-corrected chi connectivity index (χ2v) is 13.9. The van der Waals surface area contributed by atoms with Crippen LogP contribution in [0.2, 0.25) is 0 Å². The molecular weight excluding hydrogens is 402 g/mol. The molecular formula is C21H29N5OS2. The van der Waals surface area contributed by atoms with E-state index in [0.717, 1.165) is 46.4 Å². The van der Waals surface area contributed by atoms with Crippen molar-refractivity contribution in [2.75, 3.05) is 47.9 Å². The highest BCUT2D eigenvalue weighted by atomic mass is 32.3. The van der Waals surface area contributed by atoms with Crippen molar-refractivity contribution >= 4 is 38.8 Å². The predicted octanol–water partition coefficient (Wildman–Crippen LogP) is 4.08. The van der Waals surface area contributed by atoms with Crippen LogP contribution >= 0.6 is 21.8 Å². The van der Waals surface area contributed by atoms with E-state index in [4.69, 9.17) is 9.72 Å². The summed E-state index contributed by atoms with van der Waals surface area (Å²) in [6, 6.07) is 6.48. The van der Waals surface area contributed by atoms with E-state index in [2.05, 4.69) is 40.1 Å². The van der Waals surface area contributed by atoms with Crippen LogP contribution in [0.1, 0.15) is 6.42 Å². The molecule has 6 nitrogen and oxygen atoms in total. The van der Waals surface area contributed by atoms with E-state index in [1.165, 1.54) is 12.2 Å². The number of hydrogen-bond acceptors (Lipinski definition) is 6. The highest BCUT2D eigenvalue weighted by Gasteiger charge is 2.18. The zero-order valence-corrected chi connectivity index (χ0v) is 18.9. The van der Waals surface area contributed by atoms with Crippen molar-refractivity contribution in [3.8, 4) is 11.3 Å². The Morgan fingerprint density at radius 1 is 1.28 bits per heavy atom. The van der Waals surface area contributed by atoms with Crippen molar-refractivity contribution in [3.63, 3.8) is 0 Å². The van der Waals surface area contributed by atoms with E-state index < -0.39 is 10.0 Å². The third-order valence-corrected chi connectivity index (χ3v) is 7.44. The fourth-order valence-electron chi connectivity index (χ4n) is 3.24. The van der Waals surface area contributed by atoms with Crippen LogP contribution in [-0.4, -0.2) is 68.2 Å². The van der Waals surface area contributed by atoms with Gasteiger partial charge in [0, 0.05) is 35.5 Å². The lowest BCUT2D eigenvalue weighted by molar-refractivity contribution is 0.0923. The molecule has 4 rings (SSSR count). The average Bonchev–Trinajstić information content (AvgIpc) is 3.34. The minimum atomic E-state index is -0.532. The molecule has 4 heterocycles. The molecule has 1 aliphatic rings. The highest BCUT2D eigenvalue weighted by molar-refractivity contribution is 8.32. The number of nitrogens with zero attached hydrogens (tertiary/aromatic N) is 4. The van der Waals surface area contributed by atoms with Gasteiger partial charge in [0.15, 0.2) is 5.65 Å². The van der Waals surface area contributed by atoms with Gasteiger partial charge in [-0.15, -0.1) is 0 Å². The van der Waals surface area contributed by atoms with Crippen LogP contribution in [0, 0.1) is 0 Å². The molecule has 3 aromatic heterocycles. The molecule has 3 aromatic rings. The Labute approximate surface area is 178 Å². The monoisotopic (exact) mass is 431 g/mol. The Hall–Kier alpha value is -1.77.